The summed E-state index contributed by atoms with van der Waals surface area (Å²) in [5, 5.41) is 28.2. The molecule has 89 heavy (non-hydrogen) atoms. The zero-order valence-electron chi connectivity index (χ0n) is 50.9. The van der Waals surface area contributed by atoms with Crippen molar-refractivity contribution < 1.29 is 38.7 Å². The van der Waals surface area contributed by atoms with E-state index in [1.54, 1.807) is 38.7 Å². The van der Waals surface area contributed by atoms with Crippen molar-refractivity contribution in [2.75, 3.05) is 151 Å². The summed E-state index contributed by atoms with van der Waals surface area (Å²) in [5.74, 6) is 2.22. The van der Waals surface area contributed by atoms with Gasteiger partial charge in [0, 0.05) is 161 Å². The molecule has 2 aromatic carbocycles. The first-order valence-corrected chi connectivity index (χ1v) is 30.7. The van der Waals surface area contributed by atoms with E-state index in [1.807, 2.05) is 57.2 Å². The van der Waals surface area contributed by atoms with Gasteiger partial charge < -0.3 is 54.5 Å². The van der Waals surface area contributed by atoms with Gasteiger partial charge in [-0.15, -0.1) is 0 Å². The first-order valence-electron chi connectivity index (χ1n) is 29.2. The second-order valence-electron chi connectivity index (χ2n) is 21.8. The summed E-state index contributed by atoms with van der Waals surface area (Å²) >= 11 is 27.4. The van der Waals surface area contributed by atoms with Crippen molar-refractivity contribution in [1.29, 1.82) is 0 Å². The summed E-state index contributed by atoms with van der Waals surface area (Å²) in [5.41, 5.74) is 6.83. The van der Waals surface area contributed by atoms with E-state index in [0.717, 1.165) is 93.1 Å². The predicted molar refractivity (Wildman–Crippen MR) is 350 cm³/mol. The number of nitrogens with one attached hydrogen (secondary N) is 2. The zero-order chi connectivity index (χ0) is 63.5. The molecule has 0 radical (unpaired) electrons. The Morgan fingerprint density at radius 1 is 0.596 bits per heavy atom. The van der Waals surface area contributed by atoms with E-state index in [4.69, 9.17) is 85.3 Å². The molecule has 4 N–H and O–H groups in total. The number of amides is 2. The molecule has 0 aliphatic carbocycles. The van der Waals surface area contributed by atoms with Crippen LogP contribution in [-0.4, -0.2) is 226 Å². The highest BCUT2D eigenvalue weighted by atomic mass is 35.5. The number of nitrogens with zero attached hydrogens (tertiary/aromatic N) is 13. The number of hydrogen-bond donors (Lipinski definition) is 4. The van der Waals surface area contributed by atoms with Crippen LogP contribution in [-0.2, 0) is 22.4 Å². The summed E-state index contributed by atoms with van der Waals surface area (Å²) in [6.07, 6.45) is 13.5. The monoisotopic (exact) mass is 1300 g/mol. The minimum atomic E-state index is -0.343. The van der Waals surface area contributed by atoms with Crippen LogP contribution in [0.5, 0.6) is 23.0 Å². The Hall–Kier alpha value is -7.32. The molecular formula is C62H75Cl4N15O8. The lowest BCUT2D eigenvalue weighted by atomic mass is 10.0. The largest absolute Gasteiger partial charge is 0.495 e. The number of piperazine rings is 2. The summed E-state index contributed by atoms with van der Waals surface area (Å²) in [6.45, 7) is 16.6. The Kier molecular flexibility index (Phi) is 22.6. The summed E-state index contributed by atoms with van der Waals surface area (Å²) in [4.78, 5) is 63.1. The van der Waals surface area contributed by atoms with Crippen LogP contribution < -0.4 is 29.6 Å². The summed E-state index contributed by atoms with van der Waals surface area (Å²) in [6, 6.07) is 7.17. The number of likely N-dealkylation sites (N-methyl/N-ethyl adjacent to an activating group) is 1. The number of aliphatic hydroxyl groups excluding tert-OH is 2. The van der Waals surface area contributed by atoms with E-state index in [-0.39, 0.29) is 30.9 Å². The Labute approximate surface area is 536 Å². The molecule has 8 heterocycles. The number of anilines is 2. The second-order valence-corrected chi connectivity index (χ2v) is 23.3. The lowest BCUT2D eigenvalue weighted by Gasteiger charge is -2.34. The maximum Gasteiger partial charge on any atom is 0.246 e. The molecule has 2 aliphatic rings. The van der Waals surface area contributed by atoms with Gasteiger partial charge in [0.15, 0.2) is 11.3 Å². The number of ether oxygens (including phenoxy) is 4. The molecule has 10 rings (SSSR count). The van der Waals surface area contributed by atoms with Gasteiger partial charge in [-0.3, -0.25) is 28.2 Å². The van der Waals surface area contributed by atoms with E-state index in [2.05, 4.69) is 48.5 Å². The van der Waals surface area contributed by atoms with Gasteiger partial charge in [0.1, 0.15) is 34.3 Å². The SMILES string of the molecule is C=CC(=O)N1CCN(CCCc2cn3c(n2)c(-c2c(Cl)c(OC)cc(OC)c2Cl)cc2cnc(NCC(CO)CO)nc23)CC1.C=CC(=O)N1CCN(CCCc2cn3c(n2)c(-c2c(Cl)c(OC)cc(OC)c2Cl)cc2cnc(NCCN(C)C)nc23)CC1. The average molecular weight is 1300 g/mol. The first-order chi connectivity index (χ1) is 43.0. The van der Waals surface area contributed by atoms with Gasteiger partial charge in [-0.1, -0.05) is 59.6 Å². The van der Waals surface area contributed by atoms with E-state index >= 15 is 0 Å². The van der Waals surface area contributed by atoms with Gasteiger partial charge in [0.25, 0.3) is 0 Å². The number of carbonyl (C=O) groups is 2. The molecule has 27 heteroatoms. The predicted octanol–water partition coefficient (Wildman–Crippen LogP) is 8.05. The normalized spacial score (nSPS) is 14.0. The standard InChI is InChI=1S/C31H38Cl2N8O3.C31H37Cl2N7O5/c1-6-25(42)40-14-12-39(13-15-40)10-7-8-21-19-41-29-20(18-35-31(37-29)34-9-11-38(2)3)16-22(30(41)36-21)26-27(32)23(43-4)17-24(44-5)28(26)33;1-4-25(43)39-10-8-38(9-11-39)7-5-6-21-16-40-29-20(15-35-31(37-29)34-14-19(17-41)18-42)12-22(30(40)36-21)26-27(32)23(44-2)13-24(45-3)28(26)33/h6,16-19H,1,7-15H2,2-5H3,(H,34,35,37);4,12-13,15-16,19,41-42H,1,5-11,14,17-18H2,2-3H3,(H,34,35,37). The van der Waals surface area contributed by atoms with E-state index in [0.29, 0.717) is 140 Å². The molecule has 2 fully saturated rings. The van der Waals surface area contributed by atoms with Crippen LogP contribution in [0.1, 0.15) is 24.2 Å². The number of aromatic nitrogens is 8. The molecule has 0 saturated carbocycles. The average Bonchev–Trinajstić information content (AvgIpc) is 1.78. The summed E-state index contributed by atoms with van der Waals surface area (Å²) < 4.78 is 26.0. The molecule has 2 amide bonds. The van der Waals surface area contributed by atoms with Gasteiger partial charge in [-0.2, -0.15) is 9.97 Å². The number of pyridine rings is 2. The van der Waals surface area contributed by atoms with Crippen molar-refractivity contribution in [2.45, 2.75) is 25.7 Å². The third-order valence-corrected chi connectivity index (χ3v) is 17.3. The number of aryl methyl sites for hydroxylation is 2. The lowest BCUT2D eigenvalue weighted by Crippen LogP contribution is -2.48. The Balaban J connectivity index is 0.000000211. The molecule has 8 aromatic rings. The Morgan fingerprint density at radius 3 is 1.35 bits per heavy atom. The van der Waals surface area contributed by atoms with Crippen LogP contribution in [0.2, 0.25) is 20.1 Å². The van der Waals surface area contributed by atoms with Crippen molar-refractivity contribution >= 4 is 103 Å². The topological polar surface area (TPSA) is 238 Å². The highest BCUT2D eigenvalue weighted by molar-refractivity contribution is 6.42. The molecule has 2 aliphatic heterocycles. The number of benzene rings is 2. The number of halogens is 4. The van der Waals surface area contributed by atoms with Gasteiger partial charge in [-0.05, 0) is 77.2 Å². The Morgan fingerprint density at radius 2 is 0.989 bits per heavy atom. The fraction of sp³-hybridized carbons (Fsp3) is 0.419. The van der Waals surface area contributed by atoms with E-state index < -0.39 is 0 Å². The molecule has 474 valence electrons. The molecule has 0 bridgehead atoms. The quantitative estimate of drug-likeness (QED) is 0.0396. The third kappa shape index (κ3) is 15.1. The minimum absolute atomic E-state index is 0.00823. The van der Waals surface area contributed by atoms with Crippen molar-refractivity contribution in [2.24, 2.45) is 5.92 Å². The number of hydrogen-bond acceptors (Lipinski definition) is 19. The molecule has 0 unspecified atom stereocenters. The Bertz CT molecular complexity index is 3790. The smallest absolute Gasteiger partial charge is 0.246 e. The first kappa shape index (κ1) is 66.1. The van der Waals surface area contributed by atoms with Crippen molar-refractivity contribution in [3.63, 3.8) is 0 Å². The number of aliphatic hydroxyl groups is 2. The number of imidazole rings is 2. The number of methoxy groups -OCH3 is 4. The number of fused-ring (bicyclic) bond motifs is 6. The van der Waals surface area contributed by atoms with Crippen LogP contribution in [0.15, 0.2) is 74.4 Å². The molecular weight excluding hydrogens is 1220 g/mol. The van der Waals surface area contributed by atoms with Crippen LogP contribution in [0.3, 0.4) is 0 Å². The molecule has 23 nitrogen and oxygen atoms in total. The molecule has 0 spiro atoms. The molecule has 6 aromatic heterocycles. The maximum atomic E-state index is 11.9. The lowest BCUT2D eigenvalue weighted by molar-refractivity contribution is -0.128. The number of rotatable bonds is 25. The maximum absolute atomic E-state index is 11.9. The highest BCUT2D eigenvalue weighted by Gasteiger charge is 2.27. The van der Waals surface area contributed by atoms with Crippen LogP contribution in [0.4, 0.5) is 11.9 Å². The fourth-order valence-electron chi connectivity index (χ4n) is 10.8. The van der Waals surface area contributed by atoms with Crippen molar-refractivity contribution in [1.82, 2.24) is 63.2 Å². The molecule has 0 atom stereocenters. The highest BCUT2D eigenvalue weighted by Crippen LogP contribution is 2.49. The van der Waals surface area contributed by atoms with Crippen molar-refractivity contribution in [3.05, 3.63) is 106 Å². The summed E-state index contributed by atoms with van der Waals surface area (Å²) in [7, 11) is 10.2. The van der Waals surface area contributed by atoms with E-state index in [1.165, 1.54) is 26.4 Å². The van der Waals surface area contributed by atoms with Crippen LogP contribution in [0.25, 0.3) is 55.6 Å². The minimum Gasteiger partial charge on any atom is -0.495 e. The van der Waals surface area contributed by atoms with Crippen LogP contribution in [0, 0.1) is 5.92 Å². The fourth-order valence-corrected chi connectivity index (χ4v) is 12.2. The molecule has 2 saturated heterocycles. The van der Waals surface area contributed by atoms with Crippen LogP contribution >= 0.6 is 46.4 Å². The van der Waals surface area contributed by atoms with Crippen molar-refractivity contribution in [3.8, 4) is 45.3 Å². The zero-order valence-corrected chi connectivity index (χ0v) is 53.9. The van der Waals surface area contributed by atoms with Gasteiger partial charge in [0.05, 0.1) is 59.9 Å². The third-order valence-electron chi connectivity index (χ3n) is 15.8. The van der Waals surface area contributed by atoms with Gasteiger partial charge >= 0.3 is 0 Å². The van der Waals surface area contributed by atoms with E-state index in [9.17, 15) is 19.8 Å². The number of carbonyl (C=O) groups excluding carboxylic acids is 2. The second kappa shape index (κ2) is 30.5. The van der Waals surface area contributed by atoms with Gasteiger partial charge in [0.2, 0.25) is 23.7 Å². The van der Waals surface area contributed by atoms with Gasteiger partial charge in [-0.25, -0.2) is 19.9 Å².